The molecule has 10 heavy (non-hydrogen) atoms. The van der Waals surface area contributed by atoms with Crippen molar-refractivity contribution in [3.8, 4) is 6.07 Å². The lowest BCUT2D eigenvalue weighted by atomic mass is 11.0. The van der Waals surface area contributed by atoms with Crippen LogP contribution in [0.25, 0.3) is 0 Å². The van der Waals surface area contributed by atoms with Crippen molar-refractivity contribution in [2.75, 3.05) is 7.11 Å². The molecule has 0 unspecified atom stereocenters. The summed E-state index contributed by atoms with van der Waals surface area (Å²) in [5.74, 6) is 0. The summed E-state index contributed by atoms with van der Waals surface area (Å²) >= 11 is 0. The number of nitrogens with zero attached hydrogens (tertiary/aromatic N) is 1. The Hall–Kier alpha value is -0.680. The van der Waals surface area contributed by atoms with Crippen LogP contribution < -0.4 is 6.15 Å². The maximum Gasteiger partial charge on any atom is 0.397 e. The van der Waals surface area contributed by atoms with E-state index in [2.05, 4.69) is 4.18 Å². The molecule has 0 aliphatic heterocycles. The zero-order valence-electron chi connectivity index (χ0n) is 5.73. The van der Waals surface area contributed by atoms with Crippen molar-refractivity contribution in [2.45, 2.75) is 6.92 Å². The summed E-state index contributed by atoms with van der Waals surface area (Å²) in [4.78, 5) is 0. The molecule has 0 heterocycles. The second-order valence-corrected chi connectivity index (χ2v) is 2.01. The molecule has 0 amide bonds. The SMILES string of the molecule is CC#N.COS(=O)(=O)O.N. The average Bonchev–Trinajstić information content (AvgIpc) is 1.67. The molecule has 4 N–H and O–H groups in total. The fourth-order valence-corrected chi connectivity index (χ4v) is 0. The molecule has 0 spiro atoms. The molecule has 0 aromatic heterocycles. The lowest BCUT2D eigenvalue weighted by Gasteiger charge is -1.82. The Bertz CT molecular complexity index is 179. The van der Waals surface area contributed by atoms with Gasteiger partial charge in [0.05, 0.1) is 13.2 Å². The smallest absolute Gasteiger partial charge is 0.344 e. The van der Waals surface area contributed by atoms with Crippen molar-refractivity contribution < 1.29 is 17.2 Å². The number of nitriles is 1. The van der Waals surface area contributed by atoms with Crippen LogP contribution >= 0.6 is 0 Å². The molecule has 0 aromatic carbocycles. The van der Waals surface area contributed by atoms with E-state index in [1.807, 2.05) is 0 Å². The summed E-state index contributed by atoms with van der Waals surface area (Å²) in [5, 5.41) is 7.32. The first kappa shape index (κ1) is 16.2. The second-order valence-electron chi connectivity index (χ2n) is 0.818. The molecule has 7 heteroatoms. The first-order chi connectivity index (χ1) is 3.97. The number of hydrogen-bond acceptors (Lipinski definition) is 5. The zero-order chi connectivity index (χ0) is 7.91. The van der Waals surface area contributed by atoms with Gasteiger partial charge in [0.2, 0.25) is 0 Å². The van der Waals surface area contributed by atoms with E-state index in [1.165, 1.54) is 6.92 Å². The van der Waals surface area contributed by atoms with E-state index < -0.39 is 10.4 Å². The molecule has 0 atom stereocenters. The minimum absolute atomic E-state index is 0. The summed E-state index contributed by atoms with van der Waals surface area (Å²) in [6, 6.07) is 1.75. The van der Waals surface area contributed by atoms with Crippen LogP contribution in [0.3, 0.4) is 0 Å². The Balaban J connectivity index is -0.000000107. The fraction of sp³-hybridized carbons (Fsp3) is 0.667. The highest BCUT2D eigenvalue weighted by Crippen LogP contribution is 1.74. The van der Waals surface area contributed by atoms with Gasteiger partial charge in [-0.05, 0) is 0 Å². The van der Waals surface area contributed by atoms with Crippen LogP contribution in [0.4, 0.5) is 0 Å². The maximum absolute atomic E-state index is 9.33. The third kappa shape index (κ3) is 54.3. The van der Waals surface area contributed by atoms with E-state index in [1.54, 1.807) is 6.07 Å². The highest BCUT2D eigenvalue weighted by Gasteiger charge is 1.93. The third-order valence-electron chi connectivity index (χ3n) is 0.211. The molecule has 0 bridgehead atoms. The summed E-state index contributed by atoms with van der Waals surface area (Å²) in [7, 11) is -3.29. The Morgan fingerprint density at radius 2 is 1.70 bits per heavy atom. The largest absolute Gasteiger partial charge is 0.397 e. The number of rotatable bonds is 1. The van der Waals surface area contributed by atoms with E-state index >= 15 is 0 Å². The van der Waals surface area contributed by atoms with Gasteiger partial charge in [0.25, 0.3) is 0 Å². The zero-order valence-corrected chi connectivity index (χ0v) is 6.55. The van der Waals surface area contributed by atoms with Crippen molar-refractivity contribution in [2.24, 2.45) is 0 Å². The third-order valence-corrected chi connectivity index (χ3v) is 0.632. The van der Waals surface area contributed by atoms with Crippen molar-refractivity contribution in [1.82, 2.24) is 6.15 Å². The Kier molecular flexibility index (Phi) is 13.4. The highest BCUT2D eigenvalue weighted by atomic mass is 32.3. The monoisotopic (exact) mass is 170 g/mol. The van der Waals surface area contributed by atoms with Gasteiger partial charge < -0.3 is 6.15 Å². The van der Waals surface area contributed by atoms with E-state index in [9.17, 15) is 8.42 Å². The lowest BCUT2D eigenvalue weighted by Crippen LogP contribution is -1.96. The van der Waals surface area contributed by atoms with Crippen molar-refractivity contribution in [3.63, 3.8) is 0 Å². The molecular weight excluding hydrogens is 160 g/mol. The lowest BCUT2D eigenvalue weighted by molar-refractivity contribution is 0.324. The predicted molar refractivity (Wildman–Crippen MR) is 34.9 cm³/mol. The molecule has 62 valence electrons. The van der Waals surface area contributed by atoms with E-state index in [-0.39, 0.29) is 6.15 Å². The quantitative estimate of drug-likeness (QED) is 0.539. The maximum atomic E-state index is 9.33. The van der Waals surface area contributed by atoms with E-state index in [0.717, 1.165) is 7.11 Å². The topological polar surface area (TPSA) is 122 Å². The van der Waals surface area contributed by atoms with Gasteiger partial charge in [-0.3, -0.25) is 8.74 Å². The predicted octanol–water partition coefficient (Wildman–Crippen LogP) is 0.127. The molecule has 0 saturated carbocycles. The van der Waals surface area contributed by atoms with Gasteiger partial charge in [-0.25, -0.2) is 0 Å². The molecule has 0 saturated heterocycles. The van der Waals surface area contributed by atoms with Gasteiger partial charge in [-0.15, -0.1) is 0 Å². The van der Waals surface area contributed by atoms with Gasteiger partial charge in [-0.1, -0.05) is 0 Å². The summed E-state index contributed by atoms with van der Waals surface area (Å²) in [6.07, 6.45) is 0. The first-order valence-electron chi connectivity index (χ1n) is 1.81. The van der Waals surface area contributed by atoms with Crippen LogP contribution in [0.2, 0.25) is 0 Å². The number of hydrogen-bond donors (Lipinski definition) is 2. The second kappa shape index (κ2) is 8.32. The Morgan fingerprint density at radius 3 is 1.70 bits per heavy atom. The van der Waals surface area contributed by atoms with Gasteiger partial charge in [0.1, 0.15) is 0 Å². The summed E-state index contributed by atoms with van der Waals surface area (Å²) in [6.45, 7) is 1.43. The van der Waals surface area contributed by atoms with Crippen LogP contribution in [-0.4, -0.2) is 20.1 Å². The average molecular weight is 170 g/mol. The van der Waals surface area contributed by atoms with E-state index in [4.69, 9.17) is 9.81 Å². The van der Waals surface area contributed by atoms with Crippen molar-refractivity contribution >= 4 is 10.4 Å². The minimum Gasteiger partial charge on any atom is -0.344 e. The normalized spacial score (nSPS) is 7.80. The molecule has 0 aromatic rings. The molecule has 0 aliphatic rings. The first-order valence-corrected chi connectivity index (χ1v) is 3.18. The van der Waals surface area contributed by atoms with Gasteiger partial charge in [0.15, 0.2) is 0 Å². The molecule has 0 radical (unpaired) electrons. The summed E-state index contributed by atoms with van der Waals surface area (Å²) in [5.41, 5.74) is 0. The van der Waals surface area contributed by atoms with Gasteiger partial charge in [-0.2, -0.15) is 13.7 Å². The Labute approximate surface area is 60.0 Å². The molecule has 0 aliphatic carbocycles. The van der Waals surface area contributed by atoms with Crippen LogP contribution in [0.1, 0.15) is 6.92 Å². The molecule has 0 rings (SSSR count). The van der Waals surface area contributed by atoms with Crippen LogP contribution in [0, 0.1) is 11.3 Å². The molecular formula is C3H10N2O4S. The van der Waals surface area contributed by atoms with E-state index in [0.29, 0.717) is 0 Å². The van der Waals surface area contributed by atoms with Gasteiger partial charge >= 0.3 is 10.4 Å². The van der Waals surface area contributed by atoms with Gasteiger partial charge in [0, 0.05) is 6.92 Å². The fourth-order valence-electron chi connectivity index (χ4n) is 0. The summed E-state index contributed by atoms with van der Waals surface area (Å²) < 4.78 is 29.7. The molecule has 0 fully saturated rings. The van der Waals surface area contributed by atoms with Crippen LogP contribution in [-0.2, 0) is 14.6 Å². The van der Waals surface area contributed by atoms with Crippen molar-refractivity contribution in [3.05, 3.63) is 0 Å². The van der Waals surface area contributed by atoms with Crippen LogP contribution in [0.15, 0.2) is 0 Å². The standard InChI is InChI=1S/C2H3N.CH4O4S.H3N/c1-2-3;1-5-6(2,3)4;/h1H3;1H3,(H,2,3,4);1H3. The van der Waals surface area contributed by atoms with Crippen LogP contribution in [0.5, 0.6) is 0 Å². The molecule has 6 nitrogen and oxygen atoms in total. The Morgan fingerprint density at radius 1 is 1.60 bits per heavy atom. The minimum atomic E-state index is -4.16. The van der Waals surface area contributed by atoms with Crippen molar-refractivity contribution in [1.29, 1.82) is 5.26 Å². The highest BCUT2D eigenvalue weighted by molar-refractivity contribution is 7.80.